The van der Waals surface area contributed by atoms with Gasteiger partial charge in [-0.15, -0.1) is 0 Å². The molecule has 0 bridgehead atoms. The van der Waals surface area contributed by atoms with E-state index >= 15 is 0 Å². The molecule has 0 spiro atoms. The SMILES string of the molecule is COCCNC(=NCCCCSC)NN. The molecule has 0 saturated heterocycles. The van der Waals surface area contributed by atoms with Crippen LogP contribution < -0.4 is 16.6 Å². The van der Waals surface area contributed by atoms with Gasteiger partial charge in [-0.3, -0.25) is 10.4 Å². The Morgan fingerprint density at radius 2 is 2.27 bits per heavy atom. The van der Waals surface area contributed by atoms with Crippen LogP contribution in [-0.4, -0.2) is 44.8 Å². The maximum absolute atomic E-state index is 5.31. The van der Waals surface area contributed by atoms with E-state index in [-0.39, 0.29) is 0 Å². The number of methoxy groups -OCH3 is 1. The van der Waals surface area contributed by atoms with Gasteiger partial charge in [0.1, 0.15) is 0 Å². The van der Waals surface area contributed by atoms with Crippen molar-refractivity contribution in [3.05, 3.63) is 0 Å². The van der Waals surface area contributed by atoms with Crippen molar-refractivity contribution in [2.24, 2.45) is 10.8 Å². The van der Waals surface area contributed by atoms with Crippen molar-refractivity contribution in [3.8, 4) is 0 Å². The van der Waals surface area contributed by atoms with Gasteiger partial charge in [-0.1, -0.05) is 0 Å². The molecule has 0 aromatic rings. The van der Waals surface area contributed by atoms with Crippen molar-refractivity contribution in [1.29, 1.82) is 0 Å². The number of ether oxygens (including phenoxy) is 1. The number of hydrogen-bond acceptors (Lipinski definition) is 4. The minimum Gasteiger partial charge on any atom is -0.383 e. The van der Waals surface area contributed by atoms with Gasteiger partial charge in [0.2, 0.25) is 5.96 Å². The quantitative estimate of drug-likeness (QED) is 0.184. The molecule has 0 aliphatic rings. The third-order valence-corrected chi connectivity index (χ3v) is 2.46. The summed E-state index contributed by atoms with van der Waals surface area (Å²) in [6.07, 6.45) is 4.40. The van der Waals surface area contributed by atoms with Gasteiger partial charge < -0.3 is 10.1 Å². The molecule has 0 unspecified atom stereocenters. The Labute approximate surface area is 96.2 Å². The van der Waals surface area contributed by atoms with E-state index in [1.807, 2.05) is 11.8 Å². The topological polar surface area (TPSA) is 71.7 Å². The molecule has 0 heterocycles. The van der Waals surface area contributed by atoms with Crippen LogP contribution in [-0.2, 0) is 4.74 Å². The lowest BCUT2D eigenvalue weighted by molar-refractivity contribution is 0.203. The fourth-order valence-electron chi connectivity index (χ4n) is 0.973. The first-order chi connectivity index (χ1) is 7.35. The summed E-state index contributed by atoms with van der Waals surface area (Å²) in [5, 5.41) is 3.04. The number of unbranched alkanes of at least 4 members (excludes halogenated alkanes) is 1. The molecule has 0 radical (unpaired) electrons. The maximum atomic E-state index is 5.31. The molecule has 0 aromatic heterocycles. The highest BCUT2D eigenvalue weighted by Gasteiger charge is 1.93. The number of hydrazine groups is 1. The zero-order chi connectivity index (χ0) is 11.4. The number of nitrogens with zero attached hydrogens (tertiary/aromatic N) is 1. The summed E-state index contributed by atoms with van der Waals surface area (Å²) in [4.78, 5) is 4.29. The van der Waals surface area contributed by atoms with Gasteiger partial charge in [0.25, 0.3) is 0 Å². The second-order valence-electron chi connectivity index (χ2n) is 2.99. The van der Waals surface area contributed by atoms with Gasteiger partial charge in [0.15, 0.2) is 0 Å². The smallest absolute Gasteiger partial charge is 0.205 e. The standard InChI is InChI=1S/C9H22N4OS/c1-14-7-6-12-9(13-10)11-5-3-4-8-15-2/h3-8,10H2,1-2H3,(H2,11,12,13). The van der Waals surface area contributed by atoms with E-state index in [1.165, 1.54) is 12.2 Å². The Morgan fingerprint density at radius 1 is 1.47 bits per heavy atom. The van der Waals surface area contributed by atoms with Crippen LogP contribution >= 0.6 is 11.8 Å². The number of rotatable bonds is 8. The predicted molar refractivity (Wildman–Crippen MR) is 67.1 cm³/mol. The highest BCUT2D eigenvalue weighted by molar-refractivity contribution is 7.98. The number of guanidine groups is 1. The van der Waals surface area contributed by atoms with E-state index < -0.39 is 0 Å². The van der Waals surface area contributed by atoms with Crippen LogP contribution in [0.1, 0.15) is 12.8 Å². The van der Waals surface area contributed by atoms with Gasteiger partial charge >= 0.3 is 0 Å². The molecule has 0 saturated carbocycles. The summed E-state index contributed by atoms with van der Waals surface area (Å²) < 4.78 is 4.91. The number of aliphatic imine (C=N–C) groups is 1. The summed E-state index contributed by atoms with van der Waals surface area (Å²) in [6, 6.07) is 0. The molecule has 0 amide bonds. The van der Waals surface area contributed by atoms with E-state index in [1.54, 1.807) is 7.11 Å². The molecule has 0 rings (SSSR count). The normalized spacial score (nSPS) is 11.5. The van der Waals surface area contributed by atoms with Crippen LogP contribution in [0.25, 0.3) is 0 Å². The summed E-state index contributed by atoms with van der Waals surface area (Å²) in [5.74, 6) is 7.14. The van der Waals surface area contributed by atoms with Gasteiger partial charge in [-0.2, -0.15) is 11.8 Å². The molecule has 0 aliphatic heterocycles. The molecule has 15 heavy (non-hydrogen) atoms. The third-order valence-electron chi connectivity index (χ3n) is 1.76. The van der Waals surface area contributed by atoms with Crippen molar-refractivity contribution in [2.45, 2.75) is 12.8 Å². The Morgan fingerprint density at radius 3 is 2.87 bits per heavy atom. The summed E-state index contributed by atoms with van der Waals surface area (Å²) in [7, 11) is 1.66. The second-order valence-corrected chi connectivity index (χ2v) is 3.98. The van der Waals surface area contributed by atoms with Crippen molar-refractivity contribution < 1.29 is 4.74 Å². The summed E-state index contributed by atoms with van der Waals surface area (Å²) >= 11 is 1.86. The van der Waals surface area contributed by atoms with Crippen LogP contribution in [0.2, 0.25) is 0 Å². The van der Waals surface area contributed by atoms with Crippen LogP contribution in [0.15, 0.2) is 4.99 Å². The fraction of sp³-hybridized carbons (Fsp3) is 0.889. The van der Waals surface area contributed by atoms with Crippen LogP contribution in [0.3, 0.4) is 0 Å². The van der Waals surface area contributed by atoms with Crippen LogP contribution in [0, 0.1) is 0 Å². The first kappa shape index (κ1) is 14.5. The largest absolute Gasteiger partial charge is 0.383 e. The molecular formula is C9H22N4OS. The average Bonchev–Trinajstić information content (AvgIpc) is 2.26. The molecule has 90 valence electrons. The molecule has 0 fully saturated rings. The lowest BCUT2D eigenvalue weighted by Gasteiger charge is -2.08. The van der Waals surface area contributed by atoms with Gasteiger partial charge in [0, 0.05) is 20.2 Å². The predicted octanol–water partition coefficient (Wildman–Crippen LogP) is 0.185. The van der Waals surface area contributed by atoms with Crippen LogP contribution in [0.4, 0.5) is 0 Å². The third kappa shape index (κ3) is 9.84. The highest BCUT2D eigenvalue weighted by atomic mass is 32.2. The Balaban J connectivity index is 3.50. The fourth-order valence-corrected chi connectivity index (χ4v) is 1.47. The summed E-state index contributed by atoms with van der Waals surface area (Å²) in [5.41, 5.74) is 2.53. The molecule has 4 N–H and O–H groups in total. The second kappa shape index (κ2) is 11.6. The average molecular weight is 234 g/mol. The Hall–Kier alpha value is -0.460. The van der Waals surface area contributed by atoms with Crippen molar-refractivity contribution in [2.75, 3.05) is 38.8 Å². The van der Waals surface area contributed by atoms with Crippen molar-refractivity contribution in [1.82, 2.24) is 10.7 Å². The van der Waals surface area contributed by atoms with Crippen molar-refractivity contribution in [3.63, 3.8) is 0 Å². The minimum atomic E-state index is 0.635. The first-order valence-corrected chi connectivity index (χ1v) is 6.47. The number of hydrogen-bond donors (Lipinski definition) is 3. The van der Waals surface area contributed by atoms with E-state index in [0.29, 0.717) is 19.1 Å². The number of thioether (sulfide) groups is 1. The van der Waals surface area contributed by atoms with E-state index in [0.717, 1.165) is 13.0 Å². The van der Waals surface area contributed by atoms with Crippen LogP contribution in [0.5, 0.6) is 0 Å². The lowest BCUT2D eigenvalue weighted by Crippen LogP contribution is -2.42. The van der Waals surface area contributed by atoms with E-state index in [2.05, 4.69) is 22.0 Å². The van der Waals surface area contributed by atoms with Gasteiger partial charge in [-0.05, 0) is 24.9 Å². The monoisotopic (exact) mass is 234 g/mol. The number of nitrogens with two attached hydrogens (primary N) is 1. The maximum Gasteiger partial charge on any atom is 0.205 e. The molecule has 0 aromatic carbocycles. The highest BCUT2D eigenvalue weighted by Crippen LogP contribution is 1.98. The zero-order valence-corrected chi connectivity index (χ0v) is 10.4. The number of nitrogens with one attached hydrogen (secondary N) is 2. The molecule has 0 aliphatic carbocycles. The Kier molecular flexibility index (Phi) is 11.3. The molecule has 0 atom stereocenters. The van der Waals surface area contributed by atoms with E-state index in [9.17, 15) is 0 Å². The molecule has 5 nitrogen and oxygen atoms in total. The van der Waals surface area contributed by atoms with E-state index in [4.69, 9.17) is 10.6 Å². The Bertz CT molecular complexity index is 166. The summed E-state index contributed by atoms with van der Waals surface area (Å²) in [6.45, 7) is 2.16. The molecular weight excluding hydrogens is 212 g/mol. The first-order valence-electron chi connectivity index (χ1n) is 5.08. The zero-order valence-electron chi connectivity index (χ0n) is 9.58. The van der Waals surface area contributed by atoms with Gasteiger partial charge in [0.05, 0.1) is 6.61 Å². The lowest BCUT2D eigenvalue weighted by atomic mass is 10.3. The van der Waals surface area contributed by atoms with Crippen molar-refractivity contribution >= 4 is 17.7 Å². The molecule has 6 heteroatoms. The van der Waals surface area contributed by atoms with Gasteiger partial charge in [-0.25, -0.2) is 5.84 Å². The minimum absolute atomic E-state index is 0.635.